The second-order valence-electron chi connectivity index (χ2n) is 12.5. The maximum atomic E-state index is 12.0. The van der Waals surface area contributed by atoms with E-state index in [4.69, 9.17) is 4.74 Å². The molecule has 0 radical (unpaired) electrons. The Morgan fingerprint density at radius 3 is 1.29 bits per heavy atom. The summed E-state index contributed by atoms with van der Waals surface area (Å²) in [6.07, 6.45) is 35.3. The standard InChI is InChI=1S/C38H68O3/c1-6-7-8-9-10-11-12-13-14-15-16-17-18-19-20-32-38(40)41-33-24-30-36(4)28-22-26-34(2)25-21-27-35(3)29-23-31-37(5)39/h25,28-29H,6-24,26-27,30-33H2,1-5H3/b34-25+,35-29+,36-28+. The fourth-order valence-electron chi connectivity index (χ4n) is 5.17. The second kappa shape index (κ2) is 29.8. The summed E-state index contributed by atoms with van der Waals surface area (Å²) in [6, 6.07) is 0. The SMILES string of the molecule is CCCCCCCCCCCCCCCCCC(=O)OCCC/C(C)=C/CC/C(C)=C/CC/C(C)=C/CCC(C)=O. The van der Waals surface area contributed by atoms with Crippen LogP contribution in [0.2, 0.25) is 0 Å². The maximum Gasteiger partial charge on any atom is 0.305 e. The van der Waals surface area contributed by atoms with E-state index in [1.807, 2.05) is 0 Å². The van der Waals surface area contributed by atoms with Crippen LogP contribution in [-0.4, -0.2) is 18.4 Å². The lowest BCUT2D eigenvalue weighted by Crippen LogP contribution is -2.05. The molecule has 0 N–H and O–H groups in total. The van der Waals surface area contributed by atoms with Crippen LogP contribution >= 0.6 is 0 Å². The Kier molecular flexibility index (Phi) is 28.6. The van der Waals surface area contributed by atoms with E-state index in [9.17, 15) is 9.59 Å². The van der Waals surface area contributed by atoms with E-state index < -0.39 is 0 Å². The fraction of sp³-hybridized carbons (Fsp3) is 0.789. The molecule has 0 saturated carbocycles. The van der Waals surface area contributed by atoms with Gasteiger partial charge in [-0.25, -0.2) is 0 Å². The Hall–Kier alpha value is -1.64. The second-order valence-corrected chi connectivity index (χ2v) is 12.5. The average molecular weight is 573 g/mol. The number of carbonyl (C=O) groups excluding carboxylic acids is 2. The van der Waals surface area contributed by atoms with Gasteiger partial charge in [-0.05, 0) is 79.1 Å². The van der Waals surface area contributed by atoms with Gasteiger partial charge >= 0.3 is 5.97 Å². The molecule has 0 amide bonds. The van der Waals surface area contributed by atoms with Gasteiger partial charge in [0.2, 0.25) is 0 Å². The first-order chi connectivity index (χ1) is 19.8. The third kappa shape index (κ3) is 31.1. The summed E-state index contributed by atoms with van der Waals surface area (Å²) in [5.41, 5.74) is 4.21. The van der Waals surface area contributed by atoms with Crippen LogP contribution in [0.25, 0.3) is 0 Å². The van der Waals surface area contributed by atoms with Gasteiger partial charge in [0.25, 0.3) is 0 Å². The summed E-state index contributed by atoms with van der Waals surface area (Å²) >= 11 is 0. The van der Waals surface area contributed by atoms with Gasteiger partial charge in [-0.15, -0.1) is 0 Å². The van der Waals surface area contributed by atoms with Crippen molar-refractivity contribution in [1.29, 1.82) is 0 Å². The van der Waals surface area contributed by atoms with Gasteiger partial charge in [0.1, 0.15) is 5.78 Å². The third-order valence-corrected chi connectivity index (χ3v) is 8.02. The third-order valence-electron chi connectivity index (χ3n) is 8.02. The summed E-state index contributed by atoms with van der Waals surface area (Å²) in [5, 5.41) is 0. The van der Waals surface area contributed by atoms with Crippen LogP contribution in [0.4, 0.5) is 0 Å². The number of allylic oxidation sites excluding steroid dienone is 6. The molecule has 0 atom stereocenters. The molecule has 0 aromatic carbocycles. The maximum absolute atomic E-state index is 12.0. The minimum atomic E-state index is -0.0222. The molecule has 238 valence electrons. The predicted molar refractivity (Wildman–Crippen MR) is 179 cm³/mol. The van der Waals surface area contributed by atoms with Gasteiger partial charge in [-0.1, -0.05) is 132 Å². The first kappa shape index (κ1) is 39.4. The number of rotatable bonds is 29. The zero-order valence-electron chi connectivity index (χ0n) is 28.1. The van der Waals surface area contributed by atoms with Crippen LogP contribution in [0, 0.1) is 0 Å². The van der Waals surface area contributed by atoms with Gasteiger partial charge in [-0.3, -0.25) is 4.79 Å². The van der Waals surface area contributed by atoms with Gasteiger partial charge < -0.3 is 9.53 Å². The Bertz CT molecular complexity index is 728. The van der Waals surface area contributed by atoms with Gasteiger partial charge in [0, 0.05) is 12.8 Å². The van der Waals surface area contributed by atoms with Crippen molar-refractivity contribution in [2.45, 2.75) is 189 Å². The van der Waals surface area contributed by atoms with E-state index in [2.05, 4.69) is 45.9 Å². The van der Waals surface area contributed by atoms with Gasteiger partial charge in [0.05, 0.1) is 6.61 Å². The molecule has 0 fully saturated rings. The Morgan fingerprint density at radius 2 is 0.854 bits per heavy atom. The molecule has 0 aliphatic rings. The number of hydrogen-bond acceptors (Lipinski definition) is 3. The summed E-state index contributed by atoms with van der Waals surface area (Å²) < 4.78 is 5.46. The zero-order chi connectivity index (χ0) is 30.4. The number of esters is 1. The zero-order valence-corrected chi connectivity index (χ0v) is 28.1. The molecule has 0 unspecified atom stereocenters. The highest BCUT2D eigenvalue weighted by molar-refractivity contribution is 5.75. The van der Waals surface area contributed by atoms with Crippen LogP contribution in [0.5, 0.6) is 0 Å². The summed E-state index contributed by atoms with van der Waals surface area (Å²) in [7, 11) is 0. The van der Waals surface area contributed by atoms with Gasteiger partial charge in [0.15, 0.2) is 0 Å². The van der Waals surface area contributed by atoms with Crippen molar-refractivity contribution >= 4 is 11.8 Å². The summed E-state index contributed by atoms with van der Waals surface area (Å²) in [5.74, 6) is 0.241. The van der Waals surface area contributed by atoms with Crippen molar-refractivity contribution in [2.24, 2.45) is 0 Å². The molecule has 0 rings (SSSR count). The van der Waals surface area contributed by atoms with Crippen LogP contribution in [0.3, 0.4) is 0 Å². The first-order valence-electron chi connectivity index (χ1n) is 17.5. The van der Waals surface area contributed by atoms with E-state index >= 15 is 0 Å². The number of unbranched alkanes of at least 4 members (excludes halogenated alkanes) is 14. The number of ketones is 1. The van der Waals surface area contributed by atoms with E-state index in [1.54, 1.807) is 6.92 Å². The number of carbonyl (C=O) groups is 2. The minimum absolute atomic E-state index is 0.0222. The first-order valence-corrected chi connectivity index (χ1v) is 17.5. The van der Waals surface area contributed by atoms with Crippen molar-refractivity contribution in [3.05, 3.63) is 34.9 Å². The molecule has 41 heavy (non-hydrogen) atoms. The number of ether oxygens (including phenoxy) is 1. The van der Waals surface area contributed by atoms with Crippen molar-refractivity contribution in [2.75, 3.05) is 6.61 Å². The van der Waals surface area contributed by atoms with Crippen LogP contribution in [0.15, 0.2) is 34.9 Å². The van der Waals surface area contributed by atoms with E-state index in [-0.39, 0.29) is 11.8 Å². The van der Waals surface area contributed by atoms with Crippen molar-refractivity contribution in [3.8, 4) is 0 Å². The molecule has 0 bridgehead atoms. The highest BCUT2D eigenvalue weighted by atomic mass is 16.5. The monoisotopic (exact) mass is 573 g/mol. The minimum Gasteiger partial charge on any atom is -0.466 e. The molecule has 3 heteroatoms. The normalized spacial score (nSPS) is 12.7. The van der Waals surface area contributed by atoms with E-state index in [0.717, 1.165) is 57.8 Å². The fourth-order valence-corrected chi connectivity index (χ4v) is 5.17. The summed E-state index contributed by atoms with van der Waals surface area (Å²) in [4.78, 5) is 23.0. The predicted octanol–water partition coefficient (Wildman–Crippen LogP) is 12.3. The summed E-state index contributed by atoms with van der Waals surface area (Å²) in [6.45, 7) is 11.0. The van der Waals surface area contributed by atoms with E-state index in [0.29, 0.717) is 19.4 Å². The molecule has 0 heterocycles. The highest BCUT2D eigenvalue weighted by Gasteiger charge is 2.03. The van der Waals surface area contributed by atoms with Crippen molar-refractivity contribution < 1.29 is 14.3 Å². The molecule has 0 aliphatic heterocycles. The lowest BCUT2D eigenvalue weighted by atomic mass is 10.0. The Morgan fingerprint density at radius 1 is 0.463 bits per heavy atom. The van der Waals surface area contributed by atoms with Crippen LogP contribution in [-0.2, 0) is 14.3 Å². The number of hydrogen-bond donors (Lipinski definition) is 0. The molecule has 3 nitrogen and oxygen atoms in total. The molecule has 0 saturated heterocycles. The van der Waals surface area contributed by atoms with E-state index in [1.165, 1.54) is 100 Å². The average Bonchev–Trinajstić information content (AvgIpc) is 2.93. The van der Waals surface area contributed by atoms with Crippen molar-refractivity contribution in [1.82, 2.24) is 0 Å². The molecule has 0 spiro atoms. The van der Waals surface area contributed by atoms with Crippen LogP contribution in [0.1, 0.15) is 189 Å². The highest BCUT2D eigenvalue weighted by Crippen LogP contribution is 2.15. The van der Waals surface area contributed by atoms with Crippen LogP contribution < -0.4 is 0 Å². The molecule has 0 aliphatic carbocycles. The number of Topliss-reactive ketones (excluding diaryl/α,β-unsaturated/α-hetero) is 1. The molecular weight excluding hydrogens is 504 g/mol. The quantitative estimate of drug-likeness (QED) is 0.0508. The van der Waals surface area contributed by atoms with Gasteiger partial charge in [-0.2, -0.15) is 0 Å². The smallest absolute Gasteiger partial charge is 0.305 e. The topological polar surface area (TPSA) is 43.4 Å². The lowest BCUT2D eigenvalue weighted by molar-refractivity contribution is -0.143. The largest absolute Gasteiger partial charge is 0.466 e. The molecule has 0 aromatic heterocycles. The lowest BCUT2D eigenvalue weighted by Gasteiger charge is -2.06. The Balaban J connectivity index is 3.60. The Labute approximate surface area is 256 Å². The van der Waals surface area contributed by atoms with Crippen molar-refractivity contribution in [3.63, 3.8) is 0 Å². The molecular formula is C38H68O3. The molecule has 0 aromatic rings.